The Balaban J connectivity index is 2.01. The van der Waals surface area contributed by atoms with Crippen molar-refractivity contribution in [1.82, 2.24) is 10.2 Å². The summed E-state index contributed by atoms with van der Waals surface area (Å²) >= 11 is 0. The van der Waals surface area contributed by atoms with Crippen molar-refractivity contribution in [1.29, 1.82) is 0 Å². The number of rotatable bonds is 12. The molecule has 10 heteroatoms. The van der Waals surface area contributed by atoms with Gasteiger partial charge in [0, 0.05) is 13.6 Å². The van der Waals surface area contributed by atoms with E-state index < -0.39 is 34.3 Å². The van der Waals surface area contributed by atoms with Crippen molar-refractivity contribution in [2.75, 3.05) is 24.5 Å². The maximum Gasteiger partial charge on any atom is 0.264 e. The van der Waals surface area contributed by atoms with Gasteiger partial charge < -0.3 is 15.0 Å². The van der Waals surface area contributed by atoms with Crippen molar-refractivity contribution in [2.45, 2.75) is 37.8 Å². The van der Waals surface area contributed by atoms with Crippen molar-refractivity contribution in [3.63, 3.8) is 0 Å². The SMILES string of the molecule is CCOc1ccc(S(=O)(=O)N(CC(=O)N(Cc2ccc(F)cc2)C(CC)C(=O)NC)c2ccccc2)cc1. The highest BCUT2D eigenvalue weighted by atomic mass is 32.2. The van der Waals surface area contributed by atoms with Gasteiger partial charge in [0.25, 0.3) is 10.0 Å². The molecular weight excluding hydrogens is 509 g/mol. The molecule has 0 bridgehead atoms. The van der Waals surface area contributed by atoms with Crippen LogP contribution in [0, 0.1) is 5.82 Å². The Bertz CT molecular complexity index is 1320. The van der Waals surface area contributed by atoms with Crippen LogP contribution in [0.4, 0.5) is 10.1 Å². The molecule has 0 radical (unpaired) electrons. The molecule has 0 saturated carbocycles. The summed E-state index contributed by atoms with van der Waals surface area (Å²) in [7, 11) is -2.70. The van der Waals surface area contributed by atoms with Crippen LogP contribution in [-0.4, -0.2) is 51.4 Å². The van der Waals surface area contributed by atoms with Crippen molar-refractivity contribution in [3.8, 4) is 5.75 Å². The van der Waals surface area contributed by atoms with E-state index in [1.54, 1.807) is 49.4 Å². The summed E-state index contributed by atoms with van der Waals surface area (Å²) in [4.78, 5) is 27.8. The van der Waals surface area contributed by atoms with E-state index in [0.29, 0.717) is 30.0 Å². The van der Waals surface area contributed by atoms with Gasteiger partial charge in [-0.3, -0.25) is 13.9 Å². The quantitative estimate of drug-likeness (QED) is 0.374. The zero-order valence-electron chi connectivity index (χ0n) is 21.6. The van der Waals surface area contributed by atoms with Crippen LogP contribution in [-0.2, 0) is 26.2 Å². The number of para-hydroxylation sites is 1. The fourth-order valence-corrected chi connectivity index (χ4v) is 5.41. The van der Waals surface area contributed by atoms with Crippen molar-refractivity contribution >= 4 is 27.5 Å². The number of amides is 2. The fraction of sp³-hybridized carbons (Fsp3) is 0.286. The molecule has 3 aromatic rings. The first-order valence-corrected chi connectivity index (χ1v) is 13.7. The van der Waals surface area contributed by atoms with Gasteiger partial charge in [-0.15, -0.1) is 0 Å². The number of carbonyl (C=O) groups is 2. The molecule has 0 aliphatic carbocycles. The lowest BCUT2D eigenvalue weighted by Crippen LogP contribution is -2.51. The number of hydrogen-bond donors (Lipinski definition) is 1. The Labute approximate surface area is 223 Å². The first kappa shape index (κ1) is 28.6. The number of benzene rings is 3. The minimum Gasteiger partial charge on any atom is -0.494 e. The monoisotopic (exact) mass is 541 g/mol. The predicted molar refractivity (Wildman–Crippen MR) is 144 cm³/mol. The average molecular weight is 542 g/mol. The van der Waals surface area contributed by atoms with Gasteiger partial charge in [0.15, 0.2) is 0 Å². The molecule has 0 saturated heterocycles. The van der Waals surface area contributed by atoms with Crippen LogP contribution >= 0.6 is 0 Å². The number of nitrogens with zero attached hydrogens (tertiary/aromatic N) is 2. The molecule has 0 aliphatic rings. The minimum absolute atomic E-state index is 0.00320. The van der Waals surface area contributed by atoms with Crippen LogP contribution in [0.2, 0.25) is 0 Å². The standard InChI is InChI=1S/C28H32FN3O5S/c1-4-26(28(34)30-3)31(19-21-11-13-22(29)14-12-21)27(33)20-32(23-9-7-6-8-10-23)38(35,36)25-17-15-24(16-18-25)37-5-2/h6-18,26H,4-5,19-20H2,1-3H3,(H,30,34). The summed E-state index contributed by atoms with van der Waals surface area (Å²) in [5.74, 6) is -0.871. The number of likely N-dealkylation sites (N-methyl/N-ethyl adjacent to an activating group) is 1. The second-order valence-corrected chi connectivity index (χ2v) is 10.3. The minimum atomic E-state index is -4.17. The Morgan fingerprint density at radius 2 is 1.58 bits per heavy atom. The van der Waals surface area contributed by atoms with Gasteiger partial charge in [-0.2, -0.15) is 0 Å². The van der Waals surface area contributed by atoms with Crippen LogP contribution in [0.3, 0.4) is 0 Å². The number of halogens is 1. The molecule has 1 atom stereocenters. The van der Waals surface area contributed by atoms with E-state index in [1.807, 2.05) is 6.92 Å². The highest BCUT2D eigenvalue weighted by molar-refractivity contribution is 7.92. The summed E-state index contributed by atoms with van der Waals surface area (Å²) in [5.41, 5.74) is 0.896. The van der Waals surface area contributed by atoms with Gasteiger partial charge in [-0.1, -0.05) is 37.3 Å². The van der Waals surface area contributed by atoms with E-state index in [0.717, 1.165) is 4.31 Å². The molecule has 0 aromatic heterocycles. The number of nitrogens with one attached hydrogen (secondary N) is 1. The molecule has 0 heterocycles. The van der Waals surface area contributed by atoms with Gasteiger partial charge in [-0.25, -0.2) is 12.8 Å². The number of carbonyl (C=O) groups excluding carboxylic acids is 2. The molecule has 3 rings (SSSR count). The molecule has 2 amide bonds. The van der Waals surface area contributed by atoms with E-state index in [9.17, 15) is 22.4 Å². The molecule has 1 unspecified atom stereocenters. The number of ether oxygens (including phenoxy) is 1. The topological polar surface area (TPSA) is 96.0 Å². The number of anilines is 1. The lowest BCUT2D eigenvalue weighted by atomic mass is 10.1. The normalized spacial score (nSPS) is 11.9. The van der Waals surface area contributed by atoms with Crippen LogP contribution in [0.1, 0.15) is 25.8 Å². The number of sulfonamides is 1. The summed E-state index contributed by atoms with van der Waals surface area (Å²) in [6.07, 6.45) is 0.295. The highest BCUT2D eigenvalue weighted by Crippen LogP contribution is 2.26. The van der Waals surface area contributed by atoms with Gasteiger partial charge in [-0.05, 0) is 67.4 Å². The van der Waals surface area contributed by atoms with E-state index in [2.05, 4.69) is 5.32 Å². The van der Waals surface area contributed by atoms with Gasteiger partial charge in [0.05, 0.1) is 17.2 Å². The van der Waals surface area contributed by atoms with Gasteiger partial charge in [0.1, 0.15) is 24.2 Å². The van der Waals surface area contributed by atoms with Gasteiger partial charge >= 0.3 is 0 Å². The summed E-state index contributed by atoms with van der Waals surface area (Å²) in [6, 6.07) is 19.0. The predicted octanol–water partition coefficient (Wildman–Crippen LogP) is 3.97. The average Bonchev–Trinajstić information content (AvgIpc) is 2.93. The maximum atomic E-state index is 13.8. The molecule has 3 aromatic carbocycles. The third kappa shape index (κ3) is 6.89. The van der Waals surface area contributed by atoms with Crippen LogP contribution in [0.15, 0.2) is 83.8 Å². The smallest absolute Gasteiger partial charge is 0.264 e. The van der Waals surface area contributed by atoms with E-state index >= 15 is 0 Å². The third-order valence-electron chi connectivity index (χ3n) is 5.94. The fourth-order valence-electron chi connectivity index (χ4n) is 4.00. The molecule has 0 fully saturated rings. The van der Waals surface area contributed by atoms with E-state index in [1.165, 1.54) is 48.3 Å². The number of hydrogen-bond acceptors (Lipinski definition) is 5. The Kier molecular flexibility index (Phi) is 9.84. The van der Waals surface area contributed by atoms with Crippen molar-refractivity contribution < 1.29 is 27.1 Å². The molecule has 1 N–H and O–H groups in total. The van der Waals surface area contributed by atoms with Crippen LogP contribution in [0.5, 0.6) is 5.75 Å². The molecule has 0 aliphatic heterocycles. The first-order valence-electron chi connectivity index (χ1n) is 12.3. The van der Waals surface area contributed by atoms with E-state index in [4.69, 9.17) is 4.74 Å². The maximum absolute atomic E-state index is 13.8. The second kappa shape index (κ2) is 13.0. The zero-order chi connectivity index (χ0) is 27.7. The summed E-state index contributed by atoms with van der Waals surface area (Å²) in [5, 5.41) is 2.57. The lowest BCUT2D eigenvalue weighted by Gasteiger charge is -2.33. The van der Waals surface area contributed by atoms with E-state index in [-0.39, 0.29) is 17.3 Å². The lowest BCUT2D eigenvalue weighted by molar-refractivity contribution is -0.140. The first-order chi connectivity index (χ1) is 18.2. The molecule has 0 spiro atoms. The third-order valence-corrected chi connectivity index (χ3v) is 7.73. The van der Waals surface area contributed by atoms with Crippen LogP contribution in [0.25, 0.3) is 0 Å². The van der Waals surface area contributed by atoms with Crippen LogP contribution < -0.4 is 14.4 Å². The van der Waals surface area contributed by atoms with Gasteiger partial charge in [0.2, 0.25) is 11.8 Å². The summed E-state index contributed by atoms with van der Waals surface area (Å²) in [6.45, 7) is 3.47. The Morgan fingerprint density at radius 1 is 0.947 bits per heavy atom. The molecule has 38 heavy (non-hydrogen) atoms. The summed E-state index contributed by atoms with van der Waals surface area (Å²) < 4.78 is 47.5. The largest absolute Gasteiger partial charge is 0.494 e. The zero-order valence-corrected chi connectivity index (χ0v) is 22.4. The van der Waals surface area contributed by atoms with Crippen molar-refractivity contribution in [2.24, 2.45) is 0 Å². The Hall–Kier alpha value is -3.92. The highest BCUT2D eigenvalue weighted by Gasteiger charge is 2.33. The molecular formula is C28H32FN3O5S. The second-order valence-electron chi connectivity index (χ2n) is 8.44. The molecule has 8 nitrogen and oxygen atoms in total. The Morgan fingerprint density at radius 3 is 2.13 bits per heavy atom. The van der Waals surface area contributed by atoms with Crippen molar-refractivity contribution in [3.05, 3.63) is 90.2 Å². The molecule has 202 valence electrons.